The highest BCUT2D eigenvalue weighted by atomic mass is 127. The van der Waals surface area contributed by atoms with Crippen molar-refractivity contribution in [1.29, 1.82) is 0 Å². The van der Waals surface area contributed by atoms with Crippen LogP contribution in [0.2, 0.25) is 0 Å². The monoisotopic (exact) mass is 424 g/mol. The van der Waals surface area contributed by atoms with Gasteiger partial charge in [0, 0.05) is 4.43 Å². The van der Waals surface area contributed by atoms with Crippen LogP contribution in [0.15, 0.2) is 60.7 Å². The van der Waals surface area contributed by atoms with Gasteiger partial charge in [-0.15, -0.1) is 0 Å². The van der Waals surface area contributed by atoms with Gasteiger partial charge in [0.25, 0.3) is 0 Å². The number of aryl methyl sites for hydroxylation is 2. The number of benzene rings is 2. The summed E-state index contributed by atoms with van der Waals surface area (Å²) in [5, 5.41) is 0. The van der Waals surface area contributed by atoms with Crippen molar-refractivity contribution in [3.05, 3.63) is 71.8 Å². The molecule has 0 amide bonds. The second kappa shape index (κ2) is 9.48. The lowest BCUT2D eigenvalue weighted by Crippen LogP contribution is -2.34. The Labute approximate surface area is 151 Å². The topological polar surface area (TPSA) is 9.23 Å². The fourth-order valence-corrected chi connectivity index (χ4v) is 4.48. The molecule has 3 heteroatoms. The molecular weight excluding hydrogens is 399 g/mol. The van der Waals surface area contributed by atoms with Gasteiger partial charge in [-0.05, 0) is 43.2 Å². The van der Waals surface area contributed by atoms with Gasteiger partial charge in [0.05, 0.1) is 5.60 Å². The van der Waals surface area contributed by atoms with Crippen LogP contribution in [0.25, 0.3) is 0 Å². The van der Waals surface area contributed by atoms with E-state index >= 15 is 0 Å². The van der Waals surface area contributed by atoms with Crippen LogP contribution < -0.4 is 0 Å². The molecule has 118 valence electrons. The van der Waals surface area contributed by atoms with Crippen LogP contribution >= 0.6 is 22.6 Å². The van der Waals surface area contributed by atoms with Crippen molar-refractivity contribution in [3.8, 4) is 0 Å². The van der Waals surface area contributed by atoms with Crippen LogP contribution in [0.1, 0.15) is 30.4 Å². The van der Waals surface area contributed by atoms with Gasteiger partial charge in [0.1, 0.15) is 10.5 Å². The molecule has 2 aromatic rings. The maximum Gasteiger partial charge on any atom is 0.146 e. The summed E-state index contributed by atoms with van der Waals surface area (Å²) in [7, 11) is 0.810. The molecule has 0 heterocycles. The average molecular weight is 424 g/mol. The summed E-state index contributed by atoms with van der Waals surface area (Å²) >= 11 is 2.48. The van der Waals surface area contributed by atoms with Gasteiger partial charge in [-0.1, -0.05) is 83.3 Å². The zero-order valence-electron chi connectivity index (χ0n) is 13.3. The Morgan fingerprint density at radius 1 is 0.773 bits per heavy atom. The Morgan fingerprint density at radius 3 is 1.59 bits per heavy atom. The summed E-state index contributed by atoms with van der Waals surface area (Å²) in [6, 6.07) is 21.6. The molecule has 0 bridgehead atoms. The Balaban J connectivity index is 1.99. The van der Waals surface area contributed by atoms with E-state index in [0.717, 1.165) is 47.0 Å². The summed E-state index contributed by atoms with van der Waals surface area (Å²) < 4.78 is 7.31. The van der Waals surface area contributed by atoms with Gasteiger partial charge in [0.2, 0.25) is 0 Å². The van der Waals surface area contributed by atoms with E-state index in [9.17, 15) is 0 Å². The van der Waals surface area contributed by atoms with Crippen molar-refractivity contribution in [3.63, 3.8) is 0 Å². The minimum atomic E-state index is 0.0547. The smallest absolute Gasteiger partial charge is 0.146 e. The highest BCUT2D eigenvalue weighted by molar-refractivity contribution is 14.1. The quantitative estimate of drug-likeness (QED) is 0.335. The van der Waals surface area contributed by atoms with Crippen LogP contribution in [0.5, 0.6) is 0 Å². The number of halogens is 1. The van der Waals surface area contributed by atoms with E-state index in [1.165, 1.54) is 11.1 Å². The summed E-state index contributed by atoms with van der Waals surface area (Å²) in [6.07, 6.45) is 5.60. The molecule has 0 aliphatic heterocycles. The largest absolute Gasteiger partial charge is 0.422 e. The third-order valence-electron chi connectivity index (χ3n) is 4.41. The highest BCUT2D eigenvalue weighted by Crippen LogP contribution is 2.29. The van der Waals surface area contributed by atoms with Crippen LogP contribution in [-0.2, 0) is 17.3 Å². The molecule has 0 aliphatic carbocycles. The van der Waals surface area contributed by atoms with Gasteiger partial charge in [0.15, 0.2) is 0 Å². The normalized spacial score (nSPS) is 11.7. The van der Waals surface area contributed by atoms with Gasteiger partial charge >= 0.3 is 0 Å². The van der Waals surface area contributed by atoms with Crippen LogP contribution in [-0.4, -0.2) is 20.5 Å². The molecule has 0 N–H and O–H groups in total. The molecule has 1 nitrogen and oxygen atoms in total. The Kier molecular flexibility index (Phi) is 7.62. The molecular formula is C19H25IOSi. The van der Waals surface area contributed by atoms with E-state index < -0.39 is 0 Å². The lowest BCUT2D eigenvalue weighted by atomic mass is 9.86. The van der Waals surface area contributed by atoms with Crippen molar-refractivity contribution < 1.29 is 4.43 Å². The number of hydrogen-bond donors (Lipinski definition) is 0. The average Bonchev–Trinajstić information content (AvgIpc) is 2.59. The molecule has 0 unspecified atom stereocenters. The van der Waals surface area contributed by atoms with Gasteiger partial charge < -0.3 is 4.43 Å². The number of hydrogen-bond acceptors (Lipinski definition) is 1. The van der Waals surface area contributed by atoms with Crippen molar-refractivity contribution >= 4 is 33.1 Å². The second-order valence-electron chi connectivity index (χ2n) is 5.80. The van der Waals surface area contributed by atoms with Crippen molar-refractivity contribution in [2.24, 2.45) is 0 Å². The van der Waals surface area contributed by atoms with Crippen molar-refractivity contribution in [2.75, 3.05) is 4.43 Å². The summed E-state index contributed by atoms with van der Waals surface area (Å²) in [6.45, 7) is 0. The van der Waals surface area contributed by atoms with E-state index in [2.05, 4.69) is 83.3 Å². The first-order chi connectivity index (χ1) is 10.8. The molecule has 0 saturated carbocycles. The van der Waals surface area contributed by atoms with Gasteiger partial charge in [-0.25, -0.2) is 0 Å². The zero-order valence-corrected chi connectivity index (χ0v) is 17.5. The number of alkyl halides is 1. The van der Waals surface area contributed by atoms with E-state index in [1.54, 1.807) is 0 Å². The van der Waals surface area contributed by atoms with Gasteiger partial charge in [-0.3, -0.25) is 0 Å². The van der Waals surface area contributed by atoms with Crippen molar-refractivity contribution in [1.82, 2.24) is 0 Å². The predicted octanol–water partition coefficient (Wildman–Crippen LogP) is 4.11. The highest BCUT2D eigenvalue weighted by Gasteiger charge is 2.27. The van der Waals surface area contributed by atoms with E-state index in [-0.39, 0.29) is 5.60 Å². The third kappa shape index (κ3) is 5.52. The molecule has 0 fully saturated rings. The Bertz CT molecular complexity index is 486. The maximum atomic E-state index is 6.16. The van der Waals surface area contributed by atoms with E-state index in [0.29, 0.717) is 0 Å². The fraction of sp³-hybridized carbons (Fsp3) is 0.368. The molecule has 0 aromatic heterocycles. The molecule has 2 aromatic carbocycles. The second-order valence-corrected chi connectivity index (χ2v) is 7.28. The first kappa shape index (κ1) is 17.7. The standard InChI is InChI=1S/C19H25IOSi/c20-16-15-19(21-22,13-11-17-7-3-1-4-8-17)14-12-18-9-5-2-6-10-18/h1-10H,11-16H2,22H3. The molecule has 0 saturated heterocycles. The van der Waals surface area contributed by atoms with Crippen LogP contribution in [0.4, 0.5) is 0 Å². The third-order valence-corrected chi connectivity index (χ3v) is 5.81. The van der Waals surface area contributed by atoms with E-state index in [4.69, 9.17) is 4.43 Å². The lowest BCUT2D eigenvalue weighted by Gasteiger charge is -2.33. The molecule has 0 spiro atoms. The minimum absolute atomic E-state index is 0.0547. The predicted molar refractivity (Wildman–Crippen MR) is 107 cm³/mol. The summed E-state index contributed by atoms with van der Waals surface area (Å²) in [5.74, 6) is 0. The van der Waals surface area contributed by atoms with E-state index in [1.807, 2.05) is 0 Å². The molecule has 0 aliphatic rings. The molecule has 0 atom stereocenters. The zero-order chi connectivity index (χ0) is 15.7. The summed E-state index contributed by atoms with van der Waals surface area (Å²) in [4.78, 5) is 0. The lowest BCUT2D eigenvalue weighted by molar-refractivity contribution is 0.0586. The summed E-state index contributed by atoms with van der Waals surface area (Å²) in [5.41, 5.74) is 2.89. The van der Waals surface area contributed by atoms with Gasteiger partial charge in [-0.2, -0.15) is 0 Å². The first-order valence-corrected chi connectivity index (χ1v) is 10.3. The SMILES string of the molecule is [SiH3]OC(CCI)(CCc1ccccc1)CCc1ccccc1. The molecule has 0 radical (unpaired) electrons. The molecule has 22 heavy (non-hydrogen) atoms. The Hall–Kier alpha value is -0.653. The fourth-order valence-electron chi connectivity index (χ4n) is 2.89. The van der Waals surface area contributed by atoms with Crippen molar-refractivity contribution in [2.45, 2.75) is 37.7 Å². The van der Waals surface area contributed by atoms with Crippen LogP contribution in [0, 0.1) is 0 Å². The Morgan fingerprint density at radius 2 is 1.23 bits per heavy atom. The first-order valence-electron chi connectivity index (χ1n) is 7.97. The number of rotatable bonds is 9. The molecule has 2 rings (SSSR count). The van der Waals surface area contributed by atoms with Crippen LogP contribution in [0.3, 0.4) is 0 Å². The maximum absolute atomic E-state index is 6.16. The minimum Gasteiger partial charge on any atom is -0.422 e.